The molecule has 0 aliphatic rings. The summed E-state index contributed by atoms with van der Waals surface area (Å²) in [6.45, 7) is 0. The number of hydrogen-bond acceptors (Lipinski definition) is 12. The number of fused-ring (bicyclic) bond motifs is 8. The van der Waals surface area contributed by atoms with E-state index in [0.717, 1.165) is 46.3 Å². The van der Waals surface area contributed by atoms with Crippen molar-refractivity contribution in [3.63, 3.8) is 0 Å². The molecule has 17 nitrogen and oxygen atoms in total. The second-order valence-corrected chi connectivity index (χ2v) is 22.4. The molecule has 0 saturated heterocycles. The number of nitrogens with one attached hydrogen (secondary N) is 6. The molecule has 0 aliphatic heterocycles. The molecule has 6 N–H and O–H groups in total. The minimum absolute atomic E-state index is 0.0143. The summed E-state index contributed by atoms with van der Waals surface area (Å²) in [4.78, 5) is 20.0. The van der Waals surface area contributed by atoms with Crippen molar-refractivity contribution >= 4 is 136 Å². The van der Waals surface area contributed by atoms with Gasteiger partial charge >= 0.3 is 6.18 Å². The van der Waals surface area contributed by atoms with E-state index in [-0.39, 0.29) is 26.5 Å². The molecular formula is C50H30ClF6N11O6S4. The summed E-state index contributed by atoms with van der Waals surface area (Å²) in [7, 11) is -12.3. The lowest BCUT2D eigenvalue weighted by Crippen LogP contribution is -2.14. The number of rotatable bonds is 9. The zero-order valence-electron chi connectivity index (χ0n) is 38.8. The number of aromatic amines is 3. The van der Waals surface area contributed by atoms with Crippen molar-refractivity contribution in [2.24, 2.45) is 0 Å². The van der Waals surface area contributed by atoms with Crippen LogP contribution in [0.25, 0.3) is 65.7 Å². The first-order valence-electron chi connectivity index (χ1n) is 22.1. The molecule has 0 bridgehead atoms. The second-order valence-electron chi connectivity index (χ2n) is 16.5. The Morgan fingerprint density at radius 2 is 1.12 bits per heavy atom. The molecule has 7 heterocycles. The Labute approximate surface area is 445 Å². The minimum atomic E-state index is -4.71. The summed E-state index contributed by atoms with van der Waals surface area (Å²) >= 11 is 6.43. The third kappa shape index (κ3) is 10.3. The van der Waals surface area contributed by atoms with Crippen molar-refractivity contribution < 1.29 is 51.6 Å². The summed E-state index contributed by atoms with van der Waals surface area (Å²) in [5.41, 5.74) is 2.20. The van der Waals surface area contributed by atoms with Gasteiger partial charge in [-0.2, -0.15) is 21.9 Å². The number of benzene rings is 5. The monoisotopic (exact) mass is 1160 g/mol. The fraction of sp³-hybridized carbons (Fsp3) is 0.0200. The lowest BCUT2D eigenvalue weighted by atomic mass is 10.1. The largest absolute Gasteiger partial charge is 0.433 e. The van der Waals surface area contributed by atoms with E-state index in [2.05, 4.69) is 54.0 Å². The highest BCUT2D eigenvalue weighted by atomic mass is 35.5. The van der Waals surface area contributed by atoms with Gasteiger partial charge in [0, 0.05) is 69.5 Å². The van der Waals surface area contributed by atoms with E-state index in [4.69, 9.17) is 18.0 Å². The second kappa shape index (κ2) is 20.3. The van der Waals surface area contributed by atoms with E-state index >= 15 is 0 Å². The first-order valence-corrected chi connectivity index (χ1v) is 27.6. The van der Waals surface area contributed by atoms with Crippen LogP contribution in [0.5, 0.6) is 0 Å². The summed E-state index contributed by atoms with van der Waals surface area (Å²) in [6, 6.07) is 26.3. The maximum Gasteiger partial charge on any atom is 0.433 e. The number of hydrogen-bond donors (Lipinski definition) is 6. The first-order chi connectivity index (χ1) is 37.1. The third-order valence-electron chi connectivity index (χ3n) is 11.6. The molecule has 7 aromatic heterocycles. The Balaban J connectivity index is 0.000000132. The number of aromatic nitrogens is 8. The van der Waals surface area contributed by atoms with Crippen molar-refractivity contribution in [3.8, 4) is 12.3 Å². The first kappa shape index (κ1) is 52.6. The number of nitrogens with zero attached hydrogens (tertiary/aromatic N) is 5. The summed E-state index contributed by atoms with van der Waals surface area (Å²) in [5, 5.41) is 2.20. The molecule has 0 unspecified atom stereocenters. The van der Waals surface area contributed by atoms with Crippen molar-refractivity contribution in [1.82, 2.24) is 38.7 Å². The molecule has 394 valence electrons. The molecule has 0 fully saturated rings. The van der Waals surface area contributed by atoms with Gasteiger partial charge in [0.1, 0.15) is 54.5 Å². The predicted molar refractivity (Wildman–Crippen MR) is 284 cm³/mol. The van der Waals surface area contributed by atoms with Crippen LogP contribution < -0.4 is 14.2 Å². The molecule has 5 aromatic carbocycles. The van der Waals surface area contributed by atoms with Crippen LogP contribution in [0.3, 0.4) is 0 Å². The third-order valence-corrected chi connectivity index (χ3v) is 16.6. The molecule has 0 atom stereocenters. The zero-order valence-corrected chi connectivity index (χ0v) is 42.8. The number of sulfonamides is 3. The number of alkyl halides is 3. The molecule has 78 heavy (non-hydrogen) atoms. The number of halogens is 7. The maximum absolute atomic E-state index is 14.1. The van der Waals surface area contributed by atoms with Gasteiger partial charge in [-0.15, -0.1) is 6.42 Å². The van der Waals surface area contributed by atoms with Crippen molar-refractivity contribution in [3.05, 3.63) is 174 Å². The van der Waals surface area contributed by atoms with Crippen molar-refractivity contribution in [1.29, 1.82) is 0 Å². The fourth-order valence-corrected chi connectivity index (χ4v) is 12.4. The number of H-pyrrole nitrogens is 3. The van der Waals surface area contributed by atoms with E-state index < -0.39 is 75.0 Å². The highest BCUT2D eigenvalue weighted by molar-refractivity contribution is 7.93. The van der Waals surface area contributed by atoms with Crippen molar-refractivity contribution in [2.75, 3.05) is 14.2 Å². The lowest BCUT2D eigenvalue weighted by molar-refractivity contribution is -0.141. The SMILES string of the molecule is C#Cc1ccc(NS(=O)(=O)c2c[nH]c3c2ccc2cccnc23)c(F)c1.O=S(=O)(Nc1cc(F)c(Cl)cc1F)c1c[nH]c2nc(C(F)(F)F)ccc12.O=S(=O)(Nc1cccc2nsnc12)c1c[nH]c2c1ccc1cccnc12. The van der Waals surface area contributed by atoms with E-state index in [1.165, 1.54) is 24.5 Å². The van der Waals surface area contributed by atoms with Gasteiger partial charge in [0.25, 0.3) is 30.1 Å². The topological polar surface area (TPSA) is 250 Å². The molecule has 0 aliphatic carbocycles. The number of terminal acetylenes is 1. The van der Waals surface area contributed by atoms with Gasteiger partial charge in [0.2, 0.25) is 0 Å². The van der Waals surface area contributed by atoms with Crippen LogP contribution in [0.4, 0.5) is 43.4 Å². The average Bonchev–Trinajstić information content (AvgIpc) is 4.31. The standard InChI is InChI=1S/C19H12FN3O2S.C17H11N5O2S2.C14H7ClF5N3O2S/c1-2-12-5-8-16(15(20)10-12)23-26(24,25)17-11-22-19-14(17)7-6-13-4-3-9-21-18(13)19;23-26(24,22-13-5-1-4-12-17(13)21-25-20-12)14-9-19-16-11(14)7-6-10-3-2-8-18-15(10)16;15-7-3-9(17)10(4-8(7)16)23-26(24,25)11-5-21-13-6(11)1-2-12(22-13)14(18,19)20/h1,3-11,22-23H;1-9,19,22H;1-5,23H,(H,21,22). The van der Waals surface area contributed by atoms with Gasteiger partial charge in [0.05, 0.1) is 55.9 Å². The quantitative estimate of drug-likeness (QED) is 0.0450. The molecule has 0 amide bonds. The molecule has 0 saturated carbocycles. The van der Waals surface area contributed by atoms with Gasteiger partial charge in [-0.1, -0.05) is 60.0 Å². The summed E-state index contributed by atoms with van der Waals surface area (Å²) in [5.74, 6) is -0.624. The van der Waals surface area contributed by atoms with E-state index in [9.17, 15) is 51.6 Å². The zero-order chi connectivity index (χ0) is 55.3. The van der Waals surface area contributed by atoms with Crippen LogP contribution in [0.1, 0.15) is 11.3 Å². The molecular weight excluding hydrogens is 1130 g/mol. The molecule has 0 radical (unpaired) electrons. The summed E-state index contributed by atoms with van der Waals surface area (Å²) in [6.07, 6.45) is 7.58. The van der Waals surface area contributed by atoms with E-state index in [1.807, 2.05) is 29.0 Å². The normalized spacial score (nSPS) is 12.1. The van der Waals surface area contributed by atoms with Crippen LogP contribution in [-0.4, -0.2) is 63.9 Å². The van der Waals surface area contributed by atoms with Crippen molar-refractivity contribution in [2.45, 2.75) is 20.9 Å². The Bertz CT molecular complexity index is 4760. The molecule has 0 spiro atoms. The predicted octanol–water partition coefficient (Wildman–Crippen LogP) is 11.5. The maximum atomic E-state index is 14.1. The fourth-order valence-electron chi connectivity index (χ4n) is 8.00. The van der Waals surface area contributed by atoms with Gasteiger partial charge in [-0.05, 0) is 60.7 Å². The molecule has 12 rings (SSSR count). The van der Waals surface area contributed by atoms with Gasteiger partial charge in [-0.25, -0.2) is 43.4 Å². The Hall–Kier alpha value is -8.81. The smallest absolute Gasteiger partial charge is 0.358 e. The van der Waals surface area contributed by atoms with Crippen LogP contribution in [0.15, 0.2) is 155 Å². The van der Waals surface area contributed by atoms with Crippen LogP contribution in [-0.2, 0) is 36.2 Å². The number of pyridine rings is 3. The summed E-state index contributed by atoms with van der Waals surface area (Å²) < 4.78 is 171. The Morgan fingerprint density at radius 1 is 0.564 bits per heavy atom. The van der Waals surface area contributed by atoms with Crippen LogP contribution >= 0.6 is 23.3 Å². The highest BCUT2D eigenvalue weighted by Gasteiger charge is 2.33. The Kier molecular flexibility index (Phi) is 13.7. The molecule has 28 heteroatoms. The average molecular weight is 1160 g/mol. The van der Waals surface area contributed by atoms with Gasteiger partial charge in [-0.3, -0.25) is 24.1 Å². The van der Waals surface area contributed by atoms with Crippen LogP contribution in [0.2, 0.25) is 5.02 Å². The van der Waals surface area contributed by atoms with Gasteiger partial charge in [0.15, 0.2) is 0 Å². The van der Waals surface area contributed by atoms with E-state index in [0.29, 0.717) is 67.8 Å². The van der Waals surface area contributed by atoms with E-state index in [1.54, 1.807) is 54.9 Å². The molecule has 12 aromatic rings. The number of anilines is 3. The Morgan fingerprint density at radius 3 is 1.71 bits per heavy atom. The minimum Gasteiger partial charge on any atom is -0.358 e. The van der Waals surface area contributed by atoms with Gasteiger partial charge < -0.3 is 15.0 Å². The highest BCUT2D eigenvalue weighted by Crippen LogP contribution is 2.35. The van der Waals surface area contributed by atoms with Crippen LogP contribution in [0, 0.1) is 29.8 Å². The lowest BCUT2D eigenvalue weighted by Gasteiger charge is -2.09.